The van der Waals surface area contributed by atoms with Crippen molar-refractivity contribution >= 4 is 18.3 Å². The van der Waals surface area contributed by atoms with E-state index in [9.17, 15) is 18.0 Å². The molecule has 0 aromatic heterocycles. The molecule has 1 N–H and O–H groups in total. The molecule has 1 aromatic carbocycles. The van der Waals surface area contributed by atoms with E-state index in [0.29, 0.717) is 25.2 Å². The second-order valence-electron chi connectivity index (χ2n) is 4.62. The SMILES string of the molecule is CC1CNCCN1C(=O)c1ccc(OC(F)(F)F)cc1.Cl. The molecule has 1 atom stereocenters. The molecule has 0 aliphatic carbocycles. The van der Waals surface area contributed by atoms with Gasteiger partial charge >= 0.3 is 6.36 Å². The number of nitrogens with zero attached hydrogens (tertiary/aromatic N) is 1. The first-order valence-electron chi connectivity index (χ1n) is 6.24. The van der Waals surface area contributed by atoms with Crippen LogP contribution in [0.4, 0.5) is 13.2 Å². The Morgan fingerprint density at radius 3 is 2.48 bits per heavy atom. The van der Waals surface area contributed by atoms with Crippen molar-refractivity contribution in [3.63, 3.8) is 0 Å². The molecule has 1 amide bonds. The first-order valence-corrected chi connectivity index (χ1v) is 6.24. The van der Waals surface area contributed by atoms with Crippen LogP contribution in [-0.2, 0) is 0 Å². The monoisotopic (exact) mass is 324 g/mol. The third-order valence-corrected chi connectivity index (χ3v) is 3.10. The van der Waals surface area contributed by atoms with Crippen LogP contribution in [0.2, 0.25) is 0 Å². The van der Waals surface area contributed by atoms with E-state index < -0.39 is 6.36 Å². The van der Waals surface area contributed by atoms with Crippen LogP contribution in [0, 0.1) is 0 Å². The molecule has 0 bridgehead atoms. The highest BCUT2D eigenvalue weighted by Crippen LogP contribution is 2.23. The summed E-state index contributed by atoms with van der Waals surface area (Å²) in [4.78, 5) is 13.9. The largest absolute Gasteiger partial charge is 0.573 e. The lowest BCUT2D eigenvalue weighted by Gasteiger charge is -2.34. The Labute approximate surface area is 126 Å². The summed E-state index contributed by atoms with van der Waals surface area (Å²) in [5.41, 5.74) is 0.355. The summed E-state index contributed by atoms with van der Waals surface area (Å²) in [6.45, 7) is 3.93. The van der Waals surface area contributed by atoms with Gasteiger partial charge in [0.15, 0.2) is 0 Å². The van der Waals surface area contributed by atoms with Gasteiger partial charge in [-0.25, -0.2) is 0 Å². The topological polar surface area (TPSA) is 41.6 Å². The van der Waals surface area contributed by atoms with Crippen LogP contribution in [0.15, 0.2) is 24.3 Å². The molecule has 118 valence electrons. The smallest absolute Gasteiger partial charge is 0.406 e. The summed E-state index contributed by atoms with van der Waals surface area (Å²) in [5, 5.41) is 3.17. The Bertz CT molecular complexity index is 479. The fraction of sp³-hybridized carbons (Fsp3) is 0.462. The van der Waals surface area contributed by atoms with Crippen molar-refractivity contribution in [1.29, 1.82) is 0 Å². The number of alkyl halides is 3. The molecule has 0 saturated carbocycles. The minimum absolute atomic E-state index is 0. The van der Waals surface area contributed by atoms with Gasteiger partial charge < -0.3 is 15.0 Å². The van der Waals surface area contributed by atoms with Gasteiger partial charge in [-0.2, -0.15) is 0 Å². The molecule has 4 nitrogen and oxygen atoms in total. The highest BCUT2D eigenvalue weighted by Gasteiger charge is 2.31. The predicted molar refractivity (Wildman–Crippen MR) is 73.7 cm³/mol. The van der Waals surface area contributed by atoms with E-state index in [0.717, 1.165) is 12.1 Å². The fourth-order valence-electron chi connectivity index (χ4n) is 2.11. The third kappa shape index (κ3) is 4.78. The Hall–Kier alpha value is -1.47. The van der Waals surface area contributed by atoms with Crippen molar-refractivity contribution in [1.82, 2.24) is 10.2 Å². The normalized spacial score (nSPS) is 18.9. The lowest BCUT2D eigenvalue weighted by atomic mass is 10.1. The van der Waals surface area contributed by atoms with Crippen LogP contribution in [0.1, 0.15) is 17.3 Å². The number of hydrogen-bond donors (Lipinski definition) is 1. The molecule has 1 heterocycles. The van der Waals surface area contributed by atoms with E-state index in [-0.39, 0.29) is 30.1 Å². The zero-order valence-electron chi connectivity index (χ0n) is 11.3. The molecule has 21 heavy (non-hydrogen) atoms. The molecule has 1 saturated heterocycles. The lowest BCUT2D eigenvalue weighted by Crippen LogP contribution is -2.52. The van der Waals surface area contributed by atoms with E-state index in [1.54, 1.807) is 4.90 Å². The van der Waals surface area contributed by atoms with Crippen molar-refractivity contribution in [3.05, 3.63) is 29.8 Å². The van der Waals surface area contributed by atoms with Crippen LogP contribution in [0.3, 0.4) is 0 Å². The molecular formula is C13H16ClF3N2O2. The van der Waals surface area contributed by atoms with E-state index in [1.165, 1.54) is 12.1 Å². The van der Waals surface area contributed by atoms with E-state index in [1.807, 2.05) is 6.92 Å². The number of carbonyl (C=O) groups is 1. The molecule has 1 aromatic rings. The van der Waals surface area contributed by atoms with E-state index in [2.05, 4.69) is 10.1 Å². The zero-order chi connectivity index (χ0) is 14.8. The zero-order valence-corrected chi connectivity index (χ0v) is 12.1. The number of amides is 1. The molecule has 8 heteroatoms. The van der Waals surface area contributed by atoms with Gasteiger partial charge in [0, 0.05) is 31.2 Å². The molecule has 2 rings (SSSR count). The average Bonchev–Trinajstić information content (AvgIpc) is 2.37. The second-order valence-corrected chi connectivity index (χ2v) is 4.62. The van der Waals surface area contributed by atoms with Gasteiger partial charge in [-0.3, -0.25) is 4.79 Å². The molecule has 1 aliphatic heterocycles. The van der Waals surface area contributed by atoms with Crippen molar-refractivity contribution in [3.8, 4) is 5.75 Å². The molecule has 0 spiro atoms. The fourth-order valence-corrected chi connectivity index (χ4v) is 2.11. The van der Waals surface area contributed by atoms with E-state index >= 15 is 0 Å². The summed E-state index contributed by atoms with van der Waals surface area (Å²) in [6.07, 6.45) is -4.72. The minimum Gasteiger partial charge on any atom is -0.406 e. The maximum absolute atomic E-state index is 12.2. The van der Waals surface area contributed by atoms with Gasteiger partial charge in [-0.05, 0) is 31.2 Å². The van der Waals surface area contributed by atoms with Gasteiger partial charge in [0.1, 0.15) is 5.75 Å². The molecule has 0 radical (unpaired) electrons. The Morgan fingerprint density at radius 2 is 1.95 bits per heavy atom. The van der Waals surface area contributed by atoms with Gasteiger partial charge in [-0.15, -0.1) is 25.6 Å². The third-order valence-electron chi connectivity index (χ3n) is 3.10. The van der Waals surface area contributed by atoms with Crippen LogP contribution >= 0.6 is 12.4 Å². The highest BCUT2D eigenvalue weighted by atomic mass is 35.5. The van der Waals surface area contributed by atoms with E-state index in [4.69, 9.17) is 0 Å². The first kappa shape index (κ1) is 17.6. The Morgan fingerprint density at radius 1 is 1.33 bits per heavy atom. The summed E-state index contributed by atoms with van der Waals surface area (Å²) in [6, 6.07) is 5.04. The number of halogens is 4. The standard InChI is InChI=1S/C13H15F3N2O2.ClH/c1-9-8-17-6-7-18(9)12(19)10-2-4-11(5-3-10)20-13(14,15)16;/h2-5,9,17H,6-8H2,1H3;1H. The molecule has 1 fully saturated rings. The first-order chi connectivity index (χ1) is 9.37. The maximum atomic E-state index is 12.2. The van der Waals surface area contributed by atoms with Crippen molar-refractivity contribution in [2.45, 2.75) is 19.3 Å². The summed E-state index contributed by atoms with van der Waals surface area (Å²) >= 11 is 0. The van der Waals surface area contributed by atoms with Gasteiger partial charge in [0.25, 0.3) is 5.91 Å². The van der Waals surface area contributed by atoms with Gasteiger partial charge in [0.05, 0.1) is 0 Å². The maximum Gasteiger partial charge on any atom is 0.573 e. The number of ether oxygens (including phenoxy) is 1. The van der Waals surface area contributed by atoms with Gasteiger partial charge in [0.2, 0.25) is 0 Å². The van der Waals surface area contributed by atoms with Crippen LogP contribution in [-0.4, -0.2) is 42.8 Å². The Kier molecular flexibility index (Phi) is 5.86. The van der Waals surface area contributed by atoms with Crippen LogP contribution in [0.25, 0.3) is 0 Å². The predicted octanol–water partition coefficient (Wildman–Crippen LogP) is 2.44. The highest BCUT2D eigenvalue weighted by molar-refractivity contribution is 5.94. The lowest BCUT2D eigenvalue weighted by molar-refractivity contribution is -0.274. The number of benzene rings is 1. The van der Waals surface area contributed by atoms with Gasteiger partial charge in [-0.1, -0.05) is 0 Å². The van der Waals surface area contributed by atoms with Crippen molar-refractivity contribution in [2.24, 2.45) is 0 Å². The Balaban J connectivity index is 0.00000220. The number of carbonyl (C=O) groups excluding carboxylic acids is 1. The number of nitrogens with one attached hydrogen (secondary N) is 1. The second kappa shape index (κ2) is 7.00. The molecular weight excluding hydrogens is 309 g/mol. The minimum atomic E-state index is -4.72. The quantitative estimate of drug-likeness (QED) is 0.908. The summed E-state index contributed by atoms with van der Waals surface area (Å²) in [5.74, 6) is -0.514. The van der Waals surface area contributed by atoms with Crippen molar-refractivity contribution in [2.75, 3.05) is 19.6 Å². The number of piperazine rings is 1. The average molecular weight is 325 g/mol. The molecule has 1 aliphatic rings. The van der Waals surface area contributed by atoms with Crippen LogP contribution in [0.5, 0.6) is 5.75 Å². The number of rotatable bonds is 2. The summed E-state index contributed by atoms with van der Waals surface area (Å²) < 4.78 is 39.9. The summed E-state index contributed by atoms with van der Waals surface area (Å²) in [7, 11) is 0. The molecule has 1 unspecified atom stereocenters. The van der Waals surface area contributed by atoms with Crippen LogP contribution < -0.4 is 10.1 Å². The number of hydrogen-bond acceptors (Lipinski definition) is 3. The van der Waals surface area contributed by atoms with Crippen molar-refractivity contribution < 1.29 is 22.7 Å².